The first kappa shape index (κ1) is 7.61. The third-order valence-electron chi connectivity index (χ3n) is 1.99. The fourth-order valence-electron chi connectivity index (χ4n) is 1.37. The van der Waals surface area contributed by atoms with Crippen molar-refractivity contribution in [1.29, 1.82) is 0 Å². The van der Waals surface area contributed by atoms with Gasteiger partial charge in [-0.15, -0.1) is 0 Å². The molecule has 0 atom stereocenters. The van der Waals surface area contributed by atoms with Crippen molar-refractivity contribution in [2.75, 3.05) is 13.2 Å². The van der Waals surface area contributed by atoms with Gasteiger partial charge in [-0.05, 0) is 19.4 Å². The molecule has 1 aliphatic heterocycles. The van der Waals surface area contributed by atoms with Gasteiger partial charge in [0.05, 0.1) is 12.2 Å². The topological polar surface area (TPSA) is 53.1 Å². The summed E-state index contributed by atoms with van der Waals surface area (Å²) >= 11 is 0. The smallest absolute Gasteiger partial charge is 0.296 e. The van der Waals surface area contributed by atoms with Crippen LogP contribution in [0.1, 0.15) is 12.1 Å². The Hall–Kier alpha value is -1.03. The second-order valence-corrected chi connectivity index (χ2v) is 2.95. The van der Waals surface area contributed by atoms with Crippen molar-refractivity contribution >= 4 is 0 Å². The molecule has 1 aromatic heterocycles. The molecule has 0 bridgehead atoms. The third-order valence-corrected chi connectivity index (χ3v) is 1.99. The maximum Gasteiger partial charge on any atom is 0.296 e. The van der Waals surface area contributed by atoms with Crippen LogP contribution in [-0.2, 0) is 13.0 Å². The SMILES string of the molecule is NCCCc1cn2c(n1)OCC2. The molecule has 0 aliphatic carbocycles. The van der Waals surface area contributed by atoms with Gasteiger partial charge in [0.25, 0.3) is 6.01 Å². The number of fused-ring (bicyclic) bond motifs is 1. The molecular weight excluding hydrogens is 154 g/mol. The van der Waals surface area contributed by atoms with Crippen LogP contribution in [0, 0.1) is 0 Å². The van der Waals surface area contributed by atoms with Crippen LogP contribution in [-0.4, -0.2) is 22.7 Å². The van der Waals surface area contributed by atoms with Gasteiger partial charge >= 0.3 is 0 Å². The first-order chi connectivity index (χ1) is 5.90. The number of rotatable bonds is 3. The standard InChI is InChI=1S/C8H13N3O/c9-3-1-2-7-6-11-4-5-12-8(11)10-7/h6H,1-5,9H2. The van der Waals surface area contributed by atoms with E-state index < -0.39 is 0 Å². The minimum atomic E-state index is 0.725. The molecule has 2 rings (SSSR count). The average Bonchev–Trinajstić information content (AvgIpc) is 2.58. The number of hydrogen-bond acceptors (Lipinski definition) is 3. The van der Waals surface area contributed by atoms with Crippen LogP contribution in [0.5, 0.6) is 6.01 Å². The molecule has 12 heavy (non-hydrogen) atoms. The average molecular weight is 167 g/mol. The number of nitrogens with two attached hydrogens (primary N) is 1. The van der Waals surface area contributed by atoms with Gasteiger partial charge in [-0.25, -0.2) is 4.98 Å². The Balaban J connectivity index is 2.05. The highest BCUT2D eigenvalue weighted by Crippen LogP contribution is 2.17. The normalized spacial score (nSPS) is 14.4. The number of ether oxygens (including phenoxy) is 1. The van der Waals surface area contributed by atoms with Gasteiger partial charge in [0.1, 0.15) is 6.61 Å². The summed E-state index contributed by atoms with van der Waals surface area (Å²) in [6.07, 6.45) is 4.01. The molecule has 0 fully saturated rings. The molecule has 66 valence electrons. The molecule has 1 aliphatic rings. The lowest BCUT2D eigenvalue weighted by Crippen LogP contribution is -2.01. The lowest BCUT2D eigenvalue weighted by molar-refractivity contribution is 0.344. The Labute approximate surface area is 71.3 Å². The molecule has 4 nitrogen and oxygen atoms in total. The number of hydrogen-bond donors (Lipinski definition) is 1. The fraction of sp³-hybridized carbons (Fsp3) is 0.625. The van der Waals surface area contributed by atoms with Crippen LogP contribution in [0.2, 0.25) is 0 Å². The zero-order valence-corrected chi connectivity index (χ0v) is 6.99. The van der Waals surface area contributed by atoms with Crippen LogP contribution < -0.4 is 10.5 Å². The van der Waals surface area contributed by atoms with E-state index in [1.54, 1.807) is 0 Å². The minimum absolute atomic E-state index is 0.725. The van der Waals surface area contributed by atoms with E-state index in [0.717, 1.165) is 44.2 Å². The van der Waals surface area contributed by atoms with Gasteiger partial charge in [0.15, 0.2) is 0 Å². The van der Waals surface area contributed by atoms with Crippen LogP contribution in [0.15, 0.2) is 6.20 Å². The van der Waals surface area contributed by atoms with Crippen molar-refractivity contribution in [3.63, 3.8) is 0 Å². The molecular formula is C8H13N3O. The van der Waals surface area contributed by atoms with Crippen molar-refractivity contribution in [1.82, 2.24) is 9.55 Å². The number of aryl methyl sites for hydroxylation is 1. The Bertz CT molecular complexity index is 248. The Kier molecular flexibility index (Phi) is 1.99. The summed E-state index contributed by atoms with van der Waals surface area (Å²) in [5, 5.41) is 0. The molecule has 0 amide bonds. The first-order valence-electron chi connectivity index (χ1n) is 4.29. The van der Waals surface area contributed by atoms with E-state index in [1.807, 2.05) is 4.57 Å². The molecule has 0 saturated carbocycles. The second kappa shape index (κ2) is 3.15. The maximum absolute atomic E-state index is 5.40. The Morgan fingerprint density at radius 1 is 1.67 bits per heavy atom. The molecule has 0 aromatic carbocycles. The van der Waals surface area contributed by atoms with Gasteiger partial charge in [-0.3, -0.25) is 4.57 Å². The van der Waals surface area contributed by atoms with E-state index in [-0.39, 0.29) is 0 Å². The van der Waals surface area contributed by atoms with Gasteiger partial charge in [0, 0.05) is 6.20 Å². The lowest BCUT2D eigenvalue weighted by Gasteiger charge is -1.92. The van der Waals surface area contributed by atoms with E-state index in [0.29, 0.717) is 0 Å². The van der Waals surface area contributed by atoms with Crippen LogP contribution in [0.3, 0.4) is 0 Å². The highest BCUT2D eigenvalue weighted by Gasteiger charge is 2.13. The van der Waals surface area contributed by atoms with Gasteiger partial charge in [0.2, 0.25) is 0 Å². The van der Waals surface area contributed by atoms with E-state index in [4.69, 9.17) is 10.5 Å². The number of nitrogens with zero attached hydrogens (tertiary/aromatic N) is 2. The summed E-state index contributed by atoms with van der Waals surface area (Å²) in [5.74, 6) is 0. The predicted molar refractivity (Wildman–Crippen MR) is 45.1 cm³/mol. The molecule has 2 N–H and O–H groups in total. The summed E-state index contributed by atoms with van der Waals surface area (Å²) in [4.78, 5) is 4.31. The van der Waals surface area contributed by atoms with E-state index in [2.05, 4.69) is 11.2 Å². The summed E-state index contributed by atoms with van der Waals surface area (Å²) in [6, 6.07) is 0.766. The van der Waals surface area contributed by atoms with Crippen molar-refractivity contribution in [2.45, 2.75) is 19.4 Å². The number of imidazole rings is 1. The highest BCUT2D eigenvalue weighted by atomic mass is 16.5. The van der Waals surface area contributed by atoms with Crippen molar-refractivity contribution in [2.24, 2.45) is 5.73 Å². The van der Waals surface area contributed by atoms with E-state index in [9.17, 15) is 0 Å². The van der Waals surface area contributed by atoms with Crippen molar-refractivity contribution < 1.29 is 4.74 Å². The van der Waals surface area contributed by atoms with E-state index in [1.165, 1.54) is 0 Å². The molecule has 1 aromatic rings. The quantitative estimate of drug-likeness (QED) is 0.698. The molecule has 0 saturated heterocycles. The molecule has 4 heteroatoms. The van der Waals surface area contributed by atoms with Crippen molar-refractivity contribution in [3.8, 4) is 6.01 Å². The van der Waals surface area contributed by atoms with Gasteiger partial charge in [-0.1, -0.05) is 0 Å². The molecule has 0 unspecified atom stereocenters. The summed E-state index contributed by atoms with van der Waals surface area (Å²) in [7, 11) is 0. The minimum Gasteiger partial charge on any atom is -0.463 e. The Morgan fingerprint density at radius 2 is 2.58 bits per heavy atom. The fourth-order valence-corrected chi connectivity index (χ4v) is 1.37. The summed E-state index contributed by atoms with van der Waals surface area (Å²) in [5.41, 5.74) is 6.49. The van der Waals surface area contributed by atoms with Crippen LogP contribution >= 0.6 is 0 Å². The molecule has 0 spiro atoms. The molecule has 0 radical (unpaired) electrons. The first-order valence-corrected chi connectivity index (χ1v) is 4.29. The number of aromatic nitrogens is 2. The van der Waals surface area contributed by atoms with Crippen LogP contribution in [0.4, 0.5) is 0 Å². The zero-order valence-electron chi connectivity index (χ0n) is 6.99. The van der Waals surface area contributed by atoms with Crippen molar-refractivity contribution in [3.05, 3.63) is 11.9 Å². The maximum atomic E-state index is 5.40. The monoisotopic (exact) mass is 167 g/mol. The summed E-state index contributed by atoms with van der Waals surface area (Å²) < 4.78 is 7.33. The van der Waals surface area contributed by atoms with E-state index >= 15 is 0 Å². The Morgan fingerprint density at radius 3 is 3.33 bits per heavy atom. The lowest BCUT2D eigenvalue weighted by atomic mass is 10.2. The van der Waals surface area contributed by atoms with Crippen LogP contribution in [0.25, 0.3) is 0 Å². The summed E-state index contributed by atoms with van der Waals surface area (Å²) in [6.45, 7) is 2.42. The molecule has 2 heterocycles. The predicted octanol–water partition coefficient (Wildman–Crippen LogP) is 0.167. The zero-order chi connectivity index (χ0) is 8.39. The third kappa shape index (κ3) is 1.30. The largest absolute Gasteiger partial charge is 0.463 e. The highest BCUT2D eigenvalue weighted by molar-refractivity contribution is 5.10. The van der Waals surface area contributed by atoms with Gasteiger partial charge in [-0.2, -0.15) is 0 Å². The van der Waals surface area contributed by atoms with Gasteiger partial charge < -0.3 is 10.5 Å². The second-order valence-electron chi connectivity index (χ2n) is 2.95.